The maximum absolute atomic E-state index is 4.10. The minimum absolute atomic E-state index is 0.488. The van der Waals surface area contributed by atoms with Crippen LogP contribution in [0.2, 0.25) is 0 Å². The number of rotatable bonds is 40. The summed E-state index contributed by atoms with van der Waals surface area (Å²) in [6.45, 7) is 11.1. The van der Waals surface area contributed by atoms with Gasteiger partial charge in [0.05, 0.1) is 0 Å². The predicted octanol–water partition coefficient (Wildman–Crippen LogP) is 25.9. The van der Waals surface area contributed by atoms with Gasteiger partial charge < -0.3 is 0 Å². The molecule has 0 radical (unpaired) electrons. The van der Waals surface area contributed by atoms with Gasteiger partial charge in [-0.3, -0.25) is 0 Å². The summed E-state index contributed by atoms with van der Waals surface area (Å²) in [6.07, 6.45) is 33.5. The maximum Gasteiger partial charge on any atom is -0.0154 e. The normalized spacial score (nSPS) is 14.1. The van der Waals surface area contributed by atoms with Crippen molar-refractivity contribution in [3.63, 3.8) is 0 Å². The number of hydrogen-bond acceptors (Lipinski definition) is 0. The Morgan fingerprint density at radius 2 is 0.523 bits per heavy atom. The van der Waals surface area contributed by atoms with E-state index in [1.807, 2.05) is 0 Å². The van der Waals surface area contributed by atoms with Gasteiger partial charge in [0, 0.05) is 0 Å². The first-order valence-corrected chi connectivity index (χ1v) is 34.5. The van der Waals surface area contributed by atoms with E-state index in [2.05, 4.69) is 276 Å². The monoisotopic (exact) mass is 1140 g/mol. The Morgan fingerprint density at radius 1 is 0.256 bits per heavy atom. The van der Waals surface area contributed by atoms with E-state index in [9.17, 15) is 0 Å². The van der Waals surface area contributed by atoms with E-state index < -0.39 is 0 Å². The zero-order chi connectivity index (χ0) is 59.9. The third kappa shape index (κ3) is 24.3. The summed E-state index contributed by atoms with van der Waals surface area (Å²) in [6, 6.07) is 91.3. The standard InChI is InChI=1S/C66H84.C20H26/c1-4-7-16-45-61(55-33-19-10-20-34-55)51-64(58-39-25-13-26-40-58)48-31-32-54(49-65(59-41-27-14-28-42-59)52-62(46-17-8-5-2)56-35-21-11-22-36-56)50-66(60-43-29-15-30-44-60)53-63(47-18-9-6-3)57-37-23-12-24-38-57;1-2-3-6-13-20(19-14-9-5-10-15-19)17-16-18-11-7-4-8-12-18/h5,10-15,19-30,33-44,54,61-66H,2,4,6-9,16-18,31-32,45-53H2,1,3H3;4-5,7-12,14-15,20H,2-3,6,13,16-17H2,1H3. The SMILES string of the molecule is C=CCCCC(CC(CC(CCCC(CC(CCCCC)c1ccccc1)c1ccccc1)CC(CC(CCCCC)c1ccccc1)c1ccccc1)c1ccccc1)c1ccccc1.CCCCCC(CCc1ccccc1)c1ccccc1. The molecule has 8 rings (SSSR count). The number of benzene rings is 8. The van der Waals surface area contributed by atoms with Gasteiger partial charge in [-0.2, -0.15) is 0 Å². The number of hydrogen-bond donors (Lipinski definition) is 0. The van der Waals surface area contributed by atoms with Crippen LogP contribution in [0.4, 0.5) is 0 Å². The molecule has 0 fully saturated rings. The predicted molar refractivity (Wildman–Crippen MR) is 376 cm³/mol. The molecular formula is C86H110. The van der Waals surface area contributed by atoms with Gasteiger partial charge in [0.2, 0.25) is 0 Å². The molecule has 0 N–H and O–H groups in total. The molecule has 8 atom stereocenters. The largest absolute Gasteiger partial charge is 0.103 e. The third-order valence-electron chi connectivity index (χ3n) is 19.1. The molecular weight excluding hydrogens is 1030 g/mol. The van der Waals surface area contributed by atoms with E-state index in [1.165, 1.54) is 199 Å². The van der Waals surface area contributed by atoms with Gasteiger partial charge >= 0.3 is 0 Å². The second-order valence-electron chi connectivity index (χ2n) is 25.5. The van der Waals surface area contributed by atoms with E-state index in [1.54, 1.807) is 0 Å². The van der Waals surface area contributed by atoms with E-state index >= 15 is 0 Å². The molecule has 0 saturated carbocycles. The summed E-state index contributed by atoms with van der Waals surface area (Å²) in [5.41, 5.74) is 12.1. The van der Waals surface area contributed by atoms with Crippen molar-refractivity contribution < 1.29 is 0 Å². The zero-order valence-electron chi connectivity index (χ0n) is 53.7. The molecule has 0 nitrogen and oxygen atoms in total. The molecule has 0 bridgehead atoms. The van der Waals surface area contributed by atoms with Crippen LogP contribution < -0.4 is 0 Å². The first kappa shape index (κ1) is 67.0. The van der Waals surface area contributed by atoms with Crippen molar-refractivity contribution in [3.8, 4) is 0 Å². The Morgan fingerprint density at radius 3 is 0.849 bits per heavy atom. The highest BCUT2D eigenvalue weighted by Crippen LogP contribution is 2.45. The van der Waals surface area contributed by atoms with Gasteiger partial charge in [0.25, 0.3) is 0 Å². The summed E-state index contributed by atoms with van der Waals surface area (Å²) in [7, 11) is 0. The second kappa shape index (κ2) is 40.8. The van der Waals surface area contributed by atoms with Crippen molar-refractivity contribution >= 4 is 0 Å². The molecule has 0 heteroatoms. The third-order valence-corrected chi connectivity index (χ3v) is 19.1. The molecule has 0 saturated heterocycles. The quantitative estimate of drug-likeness (QED) is 0.0265. The van der Waals surface area contributed by atoms with Gasteiger partial charge in [0.1, 0.15) is 0 Å². The average Bonchev–Trinajstić information content (AvgIpc) is 3.49. The lowest BCUT2D eigenvalue weighted by Crippen LogP contribution is -2.17. The molecule has 0 amide bonds. The van der Waals surface area contributed by atoms with Crippen molar-refractivity contribution in [1.82, 2.24) is 0 Å². The van der Waals surface area contributed by atoms with Gasteiger partial charge in [-0.05, 0) is 182 Å². The fourth-order valence-electron chi connectivity index (χ4n) is 14.2. The number of unbranched alkanes of at least 4 members (excludes halogenated alkanes) is 7. The molecule has 0 heterocycles. The first-order valence-electron chi connectivity index (χ1n) is 34.5. The fraction of sp³-hybridized carbons (Fsp3) is 0.419. The van der Waals surface area contributed by atoms with Gasteiger partial charge in [-0.15, -0.1) is 6.58 Å². The lowest BCUT2D eigenvalue weighted by molar-refractivity contribution is 0.307. The van der Waals surface area contributed by atoms with Crippen molar-refractivity contribution in [2.45, 2.75) is 223 Å². The highest BCUT2D eigenvalue weighted by Gasteiger charge is 2.29. The van der Waals surface area contributed by atoms with Gasteiger partial charge in [-0.1, -0.05) is 340 Å². The first-order chi connectivity index (χ1) is 42.5. The molecule has 0 spiro atoms. The minimum Gasteiger partial charge on any atom is -0.103 e. The Kier molecular flexibility index (Phi) is 31.8. The Labute approximate surface area is 525 Å². The summed E-state index contributed by atoms with van der Waals surface area (Å²) in [5, 5.41) is 0. The summed E-state index contributed by atoms with van der Waals surface area (Å²) in [4.78, 5) is 0. The van der Waals surface area contributed by atoms with Crippen LogP contribution in [0.3, 0.4) is 0 Å². The van der Waals surface area contributed by atoms with E-state index in [0.29, 0.717) is 47.3 Å². The lowest BCUT2D eigenvalue weighted by Gasteiger charge is -2.32. The van der Waals surface area contributed by atoms with Crippen LogP contribution in [0.25, 0.3) is 0 Å². The van der Waals surface area contributed by atoms with Gasteiger partial charge in [-0.25, -0.2) is 0 Å². The van der Waals surface area contributed by atoms with Crippen LogP contribution >= 0.6 is 0 Å². The van der Waals surface area contributed by atoms with Crippen molar-refractivity contribution in [2.75, 3.05) is 0 Å². The maximum atomic E-state index is 4.10. The van der Waals surface area contributed by atoms with E-state index in [-0.39, 0.29) is 0 Å². The average molecular weight is 1140 g/mol. The molecule has 0 aromatic heterocycles. The molecule has 0 aliphatic rings. The lowest BCUT2D eigenvalue weighted by atomic mass is 9.72. The van der Waals surface area contributed by atoms with Crippen LogP contribution in [0, 0.1) is 5.92 Å². The molecule has 86 heavy (non-hydrogen) atoms. The highest BCUT2D eigenvalue weighted by atomic mass is 14.3. The smallest absolute Gasteiger partial charge is 0.0154 e. The van der Waals surface area contributed by atoms with Crippen molar-refractivity contribution in [1.29, 1.82) is 0 Å². The molecule has 0 aliphatic carbocycles. The molecule has 8 aromatic carbocycles. The summed E-state index contributed by atoms with van der Waals surface area (Å²) < 4.78 is 0. The Hall–Kier alpha value is -6.50. The van der Waals surface area contributed by atoms with Crippen LogP contribution in [0.15, 0.2) is 255 Å². The molecule has 0 aliphatic heterocycles. The van der Waals surface area contributed by atoms with Crippen LogP contribution in [0.5, 0.6) is 0 Å². The molecule has 8 unspecified atom stereocenters. The zero-order valence-corrected chi connectivity index (χ0v) is 53.7. The molecule has 454 valence electrons. The van der Waals surface area contributed by atoms with E-state index in [0.717, 1.165) is 6.42 Å². The second-order valence-corrected chi connectivity index (χ2v) is 25.5. The summed E-state index contributed by atoms with van der Waals surface area (Å²) in [5.74, 6) is 4.51. The highest BCUT2D eigenvalue weighted by molar-refractivity contribution is 5.28. The van der Waals surface area contributed by atoms with Crippen LogP contribution in [-0.4, -0.2) is 0 Å². The minimum atomic E-state index is 0.488. The van der Waals surface area contributed by atoms with Gasteiger partial charge in [0.15, 0.2) is 0 Å². The fourth-order valence-corrected chi connectivity index (χ4v) is 14.2. The number of allylic oxidation sites excluding steroid dienone is 1. The topological polar surface area (TPSA) is 0 Å². The number of aryl methyl sites for hydroxylation is 1. The van der Waals surface area contributed by atoms with Crippen LogP contribution in [-0.2, 0) is 6.42 Å². The van der Waals surface area contributed by atoms with Crippen molar-refractivity contribution in [2.24, 2.45) is 5.92 Å². The van der Waals surface area contributed by atoms with Crippen molar-refractivity contribution in [3.05, 3.63) is 300 Å². The molecule has 8 aromatic rings. The van der Waals surface area contributed by atoms with E-state index in [4.69, 9.17) is 0 Å². The Bertz CT molecular complexity index is 2860. The Balaban J connectivity index is 0.000000445. The van der Waals surface area contributed by atoms with Crippen LogP contribution in [0.1, 0.15) is 261 Å². The summed E-state index contributed by atoms with van der Waals surface area (Å²) >= 11 is 0.